The molecule has 4 rings (SSSR count). The predicted molar refractivity (Wildman–Crippen MR) is 107 cm³/mol. The van der Waals surface area contributed by atoms with Crippen LogP contribution >= 0.6 is 23.2 Å². The third-order valence-electron chi connectivity index (χ3n) is 4.51. The Kier molecular flexibility index (Phi) is 5.39. The summed E-state index contributed by atoms with van der Waals surface area (Å²) in [4.78, 5) is 12.5. The molecule has 0 atom stereocenters. The molecule has 0 N–H and O–H groups in total. The van der Waals surface area contributed by atoms with Crippen molar-refractivity contribution in [1.82, 2.24) is 10.2 Å². The summed E-state index contributed by atoms with van der Waals surface area (Å²) in [6, 6.07) is 10.6. The van der Waals surface area contributed by atoms with E-state index in [1.807, 2.05) is 25.1 Å². The molecular formula is C21H15Cl2FN2O3. The SMILES string of the molecule is Cc1cccc(C2CC2)c1Oc1nnc(Cl)cc1OC(=O)c1ccc(F)cc1Cl. The van der Waals surface area contributed by atoms with Crippen LogP contribution in [0, 0.1) is 12.7 Å². The van der Waals surface area contributed by atoms with Crippen molar-refractivity contribution in [2.45, 2.75) is 25.7 Å². The van der Waals surface area contributed by atoms with Gasteiger partial charge in [-0.15, -0.1) is 10.2 Å². The van der Waals surface area contributed by atoms with Gasteiger partial charge in [-0.2, -0.15) is 0 Å². The number of hydrogen-bond acceptors (Lipinski definition) is 5. The molecule has 0 amide bonds. The van der Waals surface area contributed by atoms with Crippen molar-refractivity contribution in [3.05, 3.63) is 75.1 Å². The first-order chi connectivity index (χ1) is 13.9. The molecule has 5 nitrogen and oxygen atoms in total. The van der Waals surface area contributed by atoms with Gasteiger partial charge in [0.1, 0.15) is 11.6 Å². The Morgan fingerprint density at radius 3 is 2.66 bits per heavy atom. The third kappa shape index (κ3) is 4.33. The van der Waals surface area contributed by atoms with Gasteiger partial charge in [-0.3, -0.25) is 0 Å². The summed E-state index contributed by atoms with van der Waals surface area (Å²) in [6.45, 7) is 1.93. The van der Waals surface area contributed by atoms with E-state index in [0.29, 0.717) is 11.7 Å². The number of esters is 1. The highest BCUT2D eigenvalue weighted by atomic mass is 35.5. The van der Waals surface area contributed by atoms with Crippen molar-refractivity contribution in [2.24, 2.45) is 0 Å². The van der Waals surface area contributed by atoms with Gasteiger partial charge in [0, 0.05) is 6.07 Å². The minimum absolute atomic E-state index is 0.00140. The Morgan fingerprint density at radius 1 is 1.14 bits per heavy atom. The monoisotopic (exact) mass is 432 g/mol. The van der Waals surface area contributed by atoms with Gasteiger partial charge in [-0.1, -0.05) is 41.4 Å². The number of carbonyl (C=O) groups is 1. The molecule has 0 spiro atoms. The molecule has 1 fully saturated rings. The molecule has 0 aliphatic heterocycles. The zero-order chi connectivity index (χ0) is 20.5. The normalized spacial score (nSPS) is 13.2. The maximum atomic E-state index is 13.3. The molecular weight excluding hydrogens is 418 g/mol. The van der Waals surface area contributed by atoms with Crippen LogP contribution in [-0.4, -0.2) is 16.2 Å². The minimum Gasteiger partial charge on any atom is -0.434 e. The number of aryl methyl sites for hydroxylation is 1. The van der Waals surface area contributed by atoms with E-state index in [1.54, 1.807) is 0 Å². The topological polar surface area (TPSA) is 61.3 Å². The lowest BCUT2D eigenvalue weighted by Gasteiger charge is -2.15. The van der Waals surface area contributed by atoms with Crippen LogP contribution in [0.2, 0.25) is 10.2 Å². The Bertz CT molecular complexity index is 1100. The first kappa shape index (κ1) is 19.6. The van der Waals surface area contributed by atoms with Crippen LogP contribution in [0.1, 0.15) is 40.2 Å². The fourth-order valence-corrected chi connectivity index (χ4v) is 3.30. The number of carbonyl (C=O) groups excluding carboxylic acids is 1. The zero-order valence-corrected chi connectivity index (χ0v) is 16.8. The highest BCUT2D eigenvalue weighted by Gasteiger charge is 2.28. The molecule has 1 aromatic heterocycles. The number of rotatable bonds is 5. The average molecular weight is 433 g/mol. The van der Waals surface area contributed by atoms with Crippen LogP contribution in [0.5, 0.6) is 17.4 Å². The summed E-state index contributed by atoms with van der Waals surface area (Å²) in [5.41, 5.74) is 1.99. The average Bonchev–Trinajstić information content (AvgIpc) is 3.50. The second kappa shape index (κ2) is 7.97. The van der Waals surface area contributed by atoms with E-state index in [9.17, 15) is 9.18 Å². The van der Waals surface area contributed by atoms with Crippen molar-refractivity contribution < 1.29 is 18.7 Å². The molecule has 1 aliphatic rings. The smallest absolute Gasteiger partial charge is 0.345 e. The first-order valence-corrected chi connectivity index (χ1v) is 9.66. The molecule has 1 aliphatic carbocycles. The molecule has 3 aromatic rings. The predicted octanol–water partition coefficient (Wildman–Crippen LogP) is 6.12. The number of nitrogens with zero attached hydrogens (tertiary/aromatic N) is 2. The molecule has 148 valence electrons. The molecule has 1 saturated carbocycles. The maximum absolute atomic E-state index is 13.3. The van der Waals surface area contributed by atoms with Crippen molar-refractivity contribution in [1.29, 1.82) is 0 Å². The van der Waals surface area contributed by atoms with Gasteiger partial charge >= 0.3 is 5.97 Å². The Labute approximate surface area is 176 Å². The number of halogens is 3. The van der Waals surface area contributed by atoms with Gasteiger partial charge in [0.05, 0.1) is 10.6 Å². The lowest BCUT2D eigenvalue weighted by molar-refractivity contribution is 0.0729. The molecule has 0 unspecified atom stereocenters. The van der Waals surface area contributed by atoms with E-state index in [0.717, 1.165) is 36.1 Å². The van der Waals surface area contributed by atoms with E-state index in [1.165, 1.54) is 12.1 Å². The quantitative estimate of drug-likeness (QED) is 0.454. The largest absolute Gasteiger partial charge is 0.434 e. The van der Waals surface area contributed by atoms with Gasteiger partial charge in [0.2, 0.25) is 0 Å². The van der Waals surface area contributed by atoms with Crippen molar-refractivity contribution in [2.75, 3.05) is 0 Å². The Balaban J connectivity index is 1.66. The number of benzene rings is 2. The Morgan fingerprint density at radius 2 is 1.93 bits per heavy atom. The molecule has 1 heterocycles. The van der Waals surface area contributed by atoms with Crippen LogP contribution in [0.3, 0.4) is 0 Å². The molecule has 0 saturated heterocycles. The van der Waals surface area contributed by atoms with Crippen molar-refractivity contribution in [3.8, 4) is 17.4 Å². The number of para-hydroxylation sites is 1. The Hall–Kier alpha value is -2.70. The summed E-state index contributed by atoms with van der Waals surface area (Å²) in [7, 11) is 0. The number of ether oxygens (including phenoxy) is 2. The van der Waals surface area contributed by atoms with Gasteiger partial charge in [-0.05, 0) is 55.0 Å². The van der Waals surface area contributed by atoms with Gasteiger partial charge in [0.25, 0.3) is 5.88 Å². The van der Waals surface area contributed by atoms with Crippen molar-refractivity contribution in [3.63, 3.8) is 0 Å². The van der Waals surface area contributed by atoms with Gasteiger partial charge in [0.15, 0.2) is 10.9 Å². The fourth-order valence-electron chi connectivity index (χ4n) is 2.92. The summed E-state index contributed by atoms with van der Waals surface area (Å²) >= 11 is 11.9. The highest BCUT2D eigenvalue weighted by molar-refractivity contribution is 6.33. The first-order valence-electron chi connectivity index (χ1n) is 8.90. The maximum Gasteiger partial charge on any atom is 0.345 e. The van der Waals surface area contributed by atoms with Crippen LogP contribution < -0.4 is 9.47 Å². The second-order valence-corrected chi connectivity index (χ2v) is 7.51. The minimum atomic E-state index is -0.795. The second-order valence-electron chi connectivity index (χ2n) is 6.72. The summed E-state index contributed by atoms with van der Waals surface area (Å²) in [6.07, 6.45) is 2.19. The van der Waals surface area contributed by atoms with Crippen LogP contribution in [-0.2, 0) is 0 Å². The number of aromatic nitrogens is 2. The summed E-state index contributed by atoms with van der Waals surface area (Å²) < 4.78 is 24.7. The van der Waals surface area contributed by atoms with Crippen LogP contribution in [0.15, 0.2) is 42.5 Å². The van der Waals surface area contributed by atoms with Gasteiger partial charge < -0.3 is 9.47 Å². The lowest BCUT2D eigenvalue weighted by atomic mass is 10.1. The molecule has 8 heteroatoms. The van der Waals surface area contributed by atoms with Crippen LogP contribution in [0.4, 0.5) is 4.39 Å². The van der Waals surface area contributed by atoms with E-state index < -0.39 is 11.8 Å². The fraction of sp³-hybridized carbons (Fsp3) is 0.190. The standard InChI is InChI=1S/C21H15Cl2FN2O3/c1-11-3-2-4-14(12-5-6-12)19(11)29-20-17(10-18(23)25-26-20)28-21(27)15-8-7-13(24)9-16(15)22/h2-4,7-10,12H,5-6H2,1H3. The number of hydrogen-bond donors (Lipinski definition) is 0. The van der Waals surface area contributed by atoms with E-state index >= 15 is 0 Å². The van der Waals surface area contributed by atoms with E-state index in [2.05, 4.69) is 10.2 Å². The van der Waals surface area contributed by atoms with E-state index in [-0.39, 0.29) is 27.4 Å². The summed E-state index contributed by atoms with van der Waals surface area (Å²) in [5, 5.41) is 7.69. The van der Waals surface area contributed by atoms with Crippen molar-refractivity contribution >= 4 is 29.2 Å². The molecule has 29 heavy (non-hydrogen) atoms. The van der Waals surface area contributed by atoms with E-state index in [4.69, 9.17) is 32.7 Å². The molecule has 0 radical (unpaired) electrons. The molecule has 0 bridgehead atoms. The van der Waals surface area contributed by atoms with Gasteiger partial charge in [-0.25, -0.2) is 9.18 Å². The third-order valence-corrected chi connectivity index (χ3v) is 5.01. The summed E-state index contributed by atoms with van der Waals surface area (Å²) in [5.74, 6) is -0.275. The zero-order valence-electron chi connectivity index (χ0n) is 15.3. The molecule has 2 aromatic carbocycles. The highest BCUT2D eigenvalue weighted by Crippen LogP contribution is 2.47. The lowest BCUT2D eigenvalue weighted by Crippen LogP contribution is -2.11. The van der Waals surface area contributed by atoms with Crippen LogP contribution in [0.25, 0.3) is 0 Å².